The molecular formula is C18H19ClO2. The monoisotopic (exact) mass is 302 g/mol. The molecule has 0 amide bonds. The molecule has 2 rings (SSSR count). The first-order valence-electron chi connectivity index (χ1n) is 7.21. The van der Waals surface area contributed by atoms with Gasteiger partial charge in [0.05, 0.1) is 0 Å². The number of carbonyl (C=O) groups excluding carboxylic acids is 1. The lowest BCUT2D eigenvalue weighted by molar-refractivity contribution is -0.134. The van der Waals surface area contributed by atoms with Crippen molar-refractivity contribution in [1.29, 1.82) is 0 Å². The second kappa shape index (κ2) is 7.84. The van der Waals surface area contributed by atoms with Crippen LogP contribution in [0, 0.1) is 0 Å². The molecule has 0 unspecified atom stereocenters. The Bertz CT molecular complexity index is 573. The van der Waals surface area contributed by atoms with Gasteiger partial charge in [-0.25, -0.2) is 0 Å². The Kier molecular flexibility index (Phi) is 5.82. The van der Waals surface area contributed by atoms with Gasteiger partial charge in [0.1, 0.15) is 5.75 Å². The predicted molar refractivity (Wildman–Crippen MR) is 85.8 cm³/mol. The van der Waals surface area contributed by atoms with E-state index < -0.39 is 0 Å². The van der Waals surface area contributed by atoms with Crippen molar-refractivity contribution in [3.05, 3.63) is 64.7 Å². The Labute approximate surface area is 130 Å². The minimum absolute atomic E-state index is 0.215. The van der Waals surface area contributed by atoms with Crippen molar-refractivity contribution in [2.24, 2.45) is 0 Å². The van der Waals surface area contributed by atoms with Gasteiger partial charge in [0.25, 0.3) is 0 Å². The molecule has 0 N–H and O–H groups in total. The summed E-state index contributed by atoms with van der Waals surface area (Å²) in [6.45, 7) is 2.14. The van der Waals surface area contributed by atoms with Crippen molar-refractivity contribution in [3.8, 4) is 5.75 Å². The van der Waals surface area contributed by atoms with E-state index in [1.165, 1.54) is 5.56 Å². The van der Waals surface area contributed by atoms with E-state index in [9.17, 15) is 4.79 Å². The highest BCUT2D eigenvalue weighted by atomic mass is 35.5. The normalized spacial score (nSPS) is 10.4. The quantitative estimate of drug-likeness (QED) is 0.564. The molecule has 0 aliphatic carbocycles. The van der Waals surface area contributed by atoms with Crippen molar-refractivity contribution < 1.29 is 9.53 Å². The largest absolute Gasteiger partial charge is 0.427 e. The third-order valence-electron chi connectivity index (χ3n) is 3.22. The molecule has 2 aromatic rings. The van der Waals surface area contributed by atoms with Crippen molar-refractivity contribution in [2.45, 2.75) is 32.6 Å². The van der Waals surface area contributed by atoms with Gasteiger partial charge in [0.15, 0.2) is 0 Å². The molecule has 0 radical (unpaired) electrons. The molecule has 2 nitrogen and oxygen atoms in total. The summed E-state index contributed by atoms with van der Waals surface area (Å²) < 4.78 is 5.33. The fraction of sp³-hybridized carbons (Fsp3) is 0.278. The van der Waals surface area contributed by atoms with Crippen LogP contribution in [0.4, 0.5) is 0 Å². The Balaban J connectivity index is 1.82. The van der Waals surface area contributed by atoms with Crippen molar-refractivity contribution >= 4 is 17.6 Å². The molecule has 3 heteroatoms. The van der Waals surface area contributed by atoms with Crippen LogP contribution in [0.1, 0.15) is 30.9 Å². The zero-order valence-corrected chi connectivity index (χ0v) is 12.9. The lowest BCUT2D eigenvalue weighted by Crippen LogP contribution is -2.09. The molecule has 2 aromatic carbocycles. The highest BCUT2D eigenvalue weighted by Crippen LogP contribution is 2.15. The SMILES string of the molecule is CCCc1ccc(OC(=O)CCc2ccc(Cl)cc2)cc1. The minimum Gasteiger partial charge on any atom is -0.427 e. The van der Waals surface area contributed by atoms with Crippen LogP contribution in [0.5, 0.6) is 5.75 Å². The first kappa shape index (κ1) is 15.6. The lowest BCUT2D eigenvalue weighted by Gasteiger charge is -2.06. The maximum absolute atomic E-state index is 11.8. The Morgan fingerprint density at radius 2 is 1.52 bits per heavy atom. The summed E-state index contributed by atoms with van der Waals surface area (Å²) in [5.74, 6) is 0.393. The van der Waals surface area contributed by atoms with E-state index >= 15 is 0 Å². The highest BCUT2D eigenvalue weighted by molar-refractivity contribution is 6.30. The van der Waals surface area contributed by atoms with E-state index in [1.807, 2.05) is 48.5 Å². The number of esters is 1. The topological polar surface area (TPSA) is 26.3 Å². The molecule has 0 atom stereocenters. The Hall–Kier alpha value is -1.80. The number of halogens is 1. The number of ether oxygens (including phenoxy) is 1. The molecule has 0 bridgehead atoms. The van der Waals surface area contributed by atoms with Crippen LogP contribution in [0.15, 0.2) is 48.5 Å². The van der Waals surface area contributed by atoms with E-state index in [-0.39, 0.29) is 5.97 Å². The second-order valence-corrected chi connectivity index (χ2v) is 5.43. The molecule has 0 fully saturated rings. The van der Waals surface area contributed by atoms with Crippen LogP contribution in [0.3, 0.4) is 0 Å². The number of hydrogen-bond donors (Lipinski definition) is 0. The van der Waals surface area contributed by atoms with Gasteiger partial charge in [-0.05, 0) is 48.2 Å². The highest BCUT2D eigenvalue weighted by Gasteiger charge is 2.05. The molecule has 0 heterocycles. The fourth-order valence-corrected chi connectivity index (χ4v) is 2.22. The summed E-state index contributed by atoms with van der Waals surface area (Å²) in [5, 5.41) is 0.702. The summed E-state index contributed by atoms with van der Waals surface area (Å²) in [4.78, 5) is 11.8. The van der Waals surface area contributed by atoms with Crippen molar-refractivity contribution in [1.82, 2.24) is 0 Å². The fourth-order valence-electron chi connectivity index (χ4n) is 2.09. The van der Waals surface area contributed by atoms with Crippen molar-refractivity contribution in [2.75, 3.05) is 0 Å². The molecular weight excluding hydrogens is 284 g/mol. The van der Waals surface area contributed by atoms with Crippen LogP contribution < -0.4 is 4.74 Å². The van der Waals surface area contributed by atoms with Gasteiger partial charge in [0.2, 0.25) is 0 Å². The minimum atomic E-state index is -0.215. The summed E-state index contributed by atoms with van der Waals surface area (Å²) in [6, 6.07) is 15.2. The molecule has 110 valence electrons. The van der Waals surface area contributed by atoms with Crippen LogP contribution in [-0.2, 0) is 17.6 Å². The Morgan fingerprint density at radius 1 is 0.952 bits per heavy atom. The van der Waals surface area contributed by atoms with Gasteiger partial charge in [0, 0.05) is 11.4 Å². The average molecular weight is 303 g/mol. The molecule has 0 aliphatic heterocycles. The van der Waals surface area contributed by atoms with E-state index in [1.54, 1.807) is 0 Å². The Morgan fingerprint density at radius 3 is 2.14 bits per heavy atom. The molecule has 21 heavy (non-hydrogen) atoms. The maximum Gasteiger partial charge on any atom is 0.311 e. The van der Waals surface area contributed by atoms with E-state index in [0.717, 1.165) is 18.4 Å². The maximum atomic E-state index is 11.8. The number of aryl methyl sites for hydroxylation is 2. The van der Waals surface area contributed by atoms with Gasteiger partial charge < -0.3 is 4.74 Å². The summed E-state index contributed by atoms with van der Waals surface area (Å²) >= 11 is 5.83. The first-order valence-corrected chi connectivity index (χ1v) is 7.59. The van der Waals surface area contributed by atoms with Gasteiger partial charge in [-0.2, -0.15) is 0 Å². The van der Waals surface area contributed by atoms with Gasteiger partial charge >= 0.3 is 5.97 Å². The average Bonchev–Trinajstić information content (AvgIpc) is 2.49. The molecule has 0 aliphatic rings. The molecule has 0 saturated carbocycles. The number of carbonyl (C=O) groups is 1. The van der Waals surface area contributed by atoms with Crippen molar-refractivity contribution in [3.63, 3.8) is 0 Å². The number of hydrogen-bond acceptors (Lipinski definition) is 2. The summed E-state index contributed by atoms with van der Waals surface area (Å²) in [6.07, 6.45) is 3.17. The third-order valence-corrected chi connectivity index (χ3v) is 3.48. The van der Waals surface area contributed by atoms with Crippen LogP contribution >= 0.6 is 11.6 Å². The van der Waals surface area contributed by atoms with Crippen LogP contribution in [0.2, 0.25) is 5.02 Å². The number of benzene rings is 2. The second-order valence-electron chi connectivity index (χ2n) is 4.99. The zero-order valence-electron chi connectivity index (χ0n) is 12.1. The smallest absolute Gasteiger partial charge is 0.311 e. The number of rotatable bonds is 6. The van der Waals surface area contributed by atoms with Gasteiger partial charge in [-0.1, -0.05) is 49.2 Å². The summed E-state index contributed by atoms with van der Waals surface area (Å²) in [7, 11) is 0. The summed E-state index contributed by atoms with van der Waals surface area (Å²) in [5.41, 5.74) is 2.34. The predicted octanol–water partition coefficient (Wildman–Crippen LogP) is 4.83. The van der Waals surface area contributed by atoms with E-state index in [2.05, 4.69) is 6.92 Å². The van der Waals surface area contributed by atoms with E-state index in [0.29, 0.717) is 23.6 Å². The standard InChI is InChI=1S/C18H19ClO2/c1-2-3-14-6-11-17(12-7-14)21-18(20)13-8-15-4-9-16(19)10-5-15/h4-7,9-12H,2-3,8,13H2,1H3. The van der Waals surface area contributed by atoms with E-state index in [4.69, 9.17) is 16.3 Å². The van der Waals surface area contributed by atoms with Gasteiger partial charge in [-0.15, -0.1) is 0 Å². The molecule has 0 saturated heterocycles. The zero-order chi connectivity index (χ0) is 15.1. The van der Waals surface area contributed by atoms with Gasteiger partial charge in [-0.3, -0.25) is 4.79 Å². The van der Waals surface area contributed by atoms with Crippen LogP contribution in [0.25, 0.3) is 0 Å². The first-order chi connectivity index (χ1) is 10.2. The van der Waals surface area contributed by atoms with Crippen LogP contribution in [-0.4, -0.2) is 5.97 Å². The lowest BCUT2D eigenvalue weighted by atomic mass is 10.1. The molecule has 0 spiro atoms. The molecule has 0 aromatic heterocycles. The third kappa shape index (κ3) is 5.24.